The van der Waals surface area contributed by atoms with Gasteiger partial charge in [0.05, 0.1) is 5.41 Å². The number of ether oxygens (including phenoxy) is 1. The molecule has 1 spiro atoms. The molecule has 6 nitrogen and oxygen atoms in total. The highest BCUT2D eigenvalue weighted by molar-refractivity contribution is 5.85. The lowest BCUT2D eigenvalue weighted by atomic mass is 9.75. The summed E-state index contributed by atoms with van der Waals surface area (Å²) < 4.78 is 5.74. The molecule has 0 aliphatic carbocycles. The molecule has 6 heteroatoms. The van der Waals surface area contributed by atoms with Crippen molar-refractivity contribution in [3.8, 4) is 5.75 Å². The van der Waals surface area contributed by atoms with Crippen molar-refractivity contribution in [2.24, 2.45) is 11.1 Å². The van der Waals surface area contributed by atoms with Crippen LogP contribution in [0.3, 0.4) is 0 Å². The van der Waals surface area contributed by atoms with Gasteiger partial charge in [0.1, 0.15) is 5.75 Å². The molecule has 2 aromatic carbocycles. The SMILES string of the molecule is CN1C(=O)C2(CCN(Cc3cc(C(C)(C)C)ccc3OCC(N)=O)CC2)CC1Cc1ccccc1. The summed E-state index contributed by atoms with van der Waals surface area (Å²) in [5, 5.41) is 0. The average molecular weight is 478 g/mol. The molecule has 188 valence electrons. The Kier molecular flexibility index (Phi) is 7.22. The van der Waals surface area contributed by atoms with Crippen molar-refractivity contribution in [3.63, 3.8) is 0 Å². The zero-order valence-corrected chi connectivity index (χ0v) is 21.5. The van der Waals surface area contributed by atoms with Crippen LogP contribution in [0.15, 0.2) is 48.5 Å². The lowest BCUT2D eigenvalue weighted by Crippen LogP contribution is -2.43. The molecule has 0 radical (unpaired) electrons. The predicted octanol–water partition coefficient (Wildman–Crippen LogP) is 3.90. The van der Waals surface area contributed by atoms with Crippen molar-refractivity contribution in [2.75, 3.05) is 26.7 Å². The van der Waals surface area contributed by atoms with E-state index in [1.807, 2.05) is 24.1 Å². The maximum Gasteiger partial charge on any atom is 0.255 e. The van der Waals surface area contributed by atoms with Gasteiger partial charge in [-0.3, -0.25) is 14.5 Å². The van der Waals surface area contributed by atoms with Gasteiger partial charge in [0.2, 0.25) is 5.91 Å². The number of likely N-dealkylation sites (tertiary alicyclic amines) is 2. The number of piperidine rings is 1. The quantitative estimate of drug-likeness (QED) is 0.656. The molecule has 2 heterocycles. The summed E-state index contributed by atoms with van der Waals surface area (Å²) in [5.74, 6) is 0.527. The minimum absolute atomic E-state index is 0.0114. The molecule has 1 unspecified atom stereocenters. The van der Waals surface area contributed by atoms with E-state index in [1.54, 1.807) is 0 Å². The van der Waals surface area contributed by atoms with Crippen LogP contribution < -0.4 is 10.5 Å². The number of carbonyl (C=O) groups excluding carboxylic acids is 2. The summed E-state index contributed by atoms with van der Waals surface area (Å²) in [7, 11) is 1.97. The summed E-state index contributed by atoms with van der Waals surface area (Å²) in [6, 6.07) is 16.9. The predicted molar refractivity (Wildman–Crippen MR) is 138 cm³/mol. The summed E-state index contributed by atoms with van der Waals surface area (Å²) in [6.45, 7) is 8.90. The Bertz CT molecular complexity index is 1050. The van der Waals surface area contributed by atoms with E-state index in [4.69, 9.17) is 10.5 Å². The first-order chi connectivity index (χ1) is 16.6. The number of benzene rings is 2. The first-order valence-corrected chi connectivity index (χ1v) is 12.7. The van der Waals surface area contributed by atoms with Gasteiger partial charge in [-0.15, -0.1) is 0 Å². The molecule has 2 fully saturated rings. The average Bonchev–Trinajstić information content (AvgIpc) is 3.04. The molecule has 2 aliphatic rings. The highest BCUT2D eigenvalue weighted by Crippen LogP contribution is 2.45. The smallest absolute Gasteiger partial charge is 0.255 e. The molecule has 1 atom stereocenters. The van der Waals surface area contributed by atoms with Crippen molar-refractivity contribution in [1.29, 1.82) is 0 Å². The first-order valence-electron chi connectivity index (χ1n) is 12.7. The molecule has 35 heavy (non-hydrogen) atoms. The number of nitrogens with zero attached hydrogens (tertiary/aromatic N) is 2. The Hall–Kier alpha value is -2.86. The van der Waals surface area contributed by atoms with Gasteiger partial charge in [0.15, 0.2) is 6.61 Å². The molecule has 2 aromatic rings. The maximum atomic E-state index is 13.3. The van der Waals surface area contributed by atoms with Gasteiger partial charge in [-0.05, 0) is 61.4 Å². The Morgan fingerprint density at radius 1 is 1.11 bits per heavy atom. The van der Waals surface area contributed by atoms with Gasteiger partial charge in [-0.25, -0.2) is 0 Å². The van der Waals surface area contributed by atoms with Crippen LogP contribution in [-0.2, 0) is 28.0 Å². The van der Waals surface area contributed by atoms with Gasteiger partial charge in [-0.1, -0.05) is 63.2 Å². The highest BCUT2D eigenvalue weighted by atomic mass is 16.5. The van der Waals surface area contributed by atoms with E-state index >= 15 is 0 Å². The molecular weight excluding hydrogens is 438 g/mol. The first kappa shape index (κ1) is 25.2. The van der Waals surface area contributed by atoms with Gasteiger partial charge < -0.3 is 15.4 Å². The largest absolute Gasteiger partial charge is 0.483 e. The van der Waals surface area contributed by atoms with Crippen LogP contribution in [0.1, 0.15) is 56.7 Å². The van der Waals surface area contributed by atoms with E-state index in [2.05, 4.69) is 62.1 Å². The van der Waals surface area contributed by atoms with Crippen molar-refractivity contribution >= 4 is 11.8 Å². The lowest BCUT2D eigenvalue weighted by Gasteiger charge is -2.38. The van der Waals surface area contributed by atoms with E-state index in [1.165, 1.54) is 11.1 Å². The standard InChI is InChI=1S/C29H39N3O3/c1-28(2,3)23-10-11-25(35-20-26(30)33)22(17-23)19-32-14-12-29(13-15-32)18-24(31(4)27(29)34)16-21-8-6-5-7-9-21/h5-11,17,24H,12-16,18-20H2,1-4H3,(H2,30,33). The summed E-state index contributed by atoms with van der Waals surface area (Å²) >= 11 is 0. The number of carbonyl (C=O) groups is 2. The Morgan fingerprint density at radius 3 is 2.43 bits per heavy atom. The summed E-state index contributed by atoms with van der Waals surface area (Å²) in [4.78, 5) is 29.0. The summed E-state index contributed by atoms with van der Waals surface area (Å²) in [5.41, 5.74) is 8.65. The molecule has 2 amide bonds. The lowest BCUT2D eigenvalue weighted by molar-refractivity contribution is -0.137. The number of hydrogen-bond donors (Lipinski definition) is 1. The fourth-order valence-corrected chi connectivity index (χ4v) is 5.57. The topological polar surface area (TPSA) is 75.9 Å². The van der Waals surface area contributed by atoms with Crippen molar-refractivity contribution < 1.29 is 14.3 Å². The van der Waals surface area contributed by atoms with Crippen LogP contribution in [0, 0.1) is 5.41 Å². The molecule has 2 N–H and O–H groups in total. The van der Waals surface area contributed by atoms with E-state index in [0.717, 1.165) is 50.9 Å². The van der Waals surface area contributed by atoms with Gasteiger partial charge in [0, 0.05) is 25.2 Å². The third-order valence-electron chi connectivity index (χ3n) is 7.77. The number of hydrogen-bond acceptors (Lipinski definition) is 4. The second-order valence-corrected chi connectivity index (χ2v) is 11.3. The van der Waals surface area contributed by atoms with Crippen molar-refractivity contribution in [3.05, 3.63) is 65.2 Å². The Labute approximate surface area is 209 Å². The van der Waals surface area contributed by atoms with Crippen LogP contribution in [0.25, 0.3) is 0 Å². The van der Waals surface area contributed by atoms with Crippen LogP contribution in [0.4, 0.5) is 0 Å². The van der Waals surface area contributed by atoms with Crippen LogP contribution in [0.2, 0.25) is 0 Å². The highest BCUT2D eigenvalue weighted by Gasteiger charge is 2.51. The Morgan fingerprint density at radius 2 is 1.80 bits per heavy atom. The van der Waals surface area contributed by atoms with Crippen LogP contribution in [0.5, 0.6) is 5.75 Å². The van der Waals surface area contributed by atoms with E-state index < -0.39 is 5.91 Å². The monoisotopic (exact) mass is 477 g/mol. The second kappa shape index (κ2) is 10.0. The van der Waals surface area contributed by atoms with Gasteiger partial charge in [0.25, 0.3) is 5.91 Å². The molecule has 0 bridgehead atoms. The zero-order chi connectivity index (χ0) is 25.2. The normalized spacial score (nSPS) is 20.4. The minimum atomic E-state index is -0.482. The second-order valence-electron chi connectivity index (χ2n) is 11.3. The molecule has 0 saturated carbocycles. The fraction of sp³-hybridized carbons (Fsp3) is 0.517. The third kappa shape index (κ3) is 5.69. The molecule has 4 rings (SSSR count). The van der Waals surface area contributed by atoms with Gasteiger partial charge >= 0.3 is 0 Å². The van der Waals surface area contributed by atoms with E-state index in [0.29, 0.717) is 11.7 Å². The molecule has 0 aromatic heterocycles. The van der Waals surface area contributed by atoms with Crippen LogP contribution >= 0.6 is 0 Å². The van der Waals surface area contributed by atoms with Crippen molar-refractivity contribution in [2.45, 2.75) is 64.5 Å². The number of rotatable bonds is 7. The van der Waals surface area contributed by atoms with Gasteiger partial charge in [-0.2, -0.15) is 0 Å². The number of primary amides is 1. The molecular formula is C29H39N3O3. The molecule has 2 saturated heterocycles. The maximum absolute atomic E-state index is 13.3. The summed E-state index contributed by atoms with van der Waals surface area (Å²) in [6.07, 6.45) is 3.59. The number of amides is 2. The third-order valence-corrected chi connectivity index (χ3v) is 7.77. The van der Waals surface area contributed by atoms with E-state index in [9.17, 15) is 9.59 Å². The number of likely N-dealkylation sites (N-methyl/N-ethyl adjacent to an activating group) is 1. The fourth-order valence-electron chi connectivity index (χ4n) is 5.57. The number of nitrogens with two attached hydrogens (primary N) is 1. The molecule has 2 aliphatic heterocycles. The van der Waals surface area contributed by atoms with Crippen LogP contribution in [-0.4, -0.2) is 54.4 Å². The Balaban J connectivity index is 1.44. The van der Waals surface area contributed by atoms with E-state index in [-0.39, 0.29) is 23.5 Å². The minimum Gasteiger partial charge on any atom is -0.483 e. The van der Waals surface area contributed by atoms with Crippen molar-refractivity contribution in [1.82, 2.24) is 9.80 Å². The zero-order valence-electron chi connectivity index (χ0n) is 21.5.